The van der Waals surface area contributed by atoms with Crippen molar-refractivity contribution < 1.29 is 19.2 Å². The lowest BCUT2D eigenvalue weighted by molar-refractivity contribution is -0.384. The zero-order valence-electron chi connectivity index (χ0n) is 12.9. The van der Waals surface area contributed by atoms with E-state index in [9.17, 15) is 14.9 Å². The first-order chi connectivity index (χ1) is 11.0. The van der Waals surface area contributed by atoms with E-state index in [2.05, 4.69) is 0 Å². The second-order valence-electron chi connectivity index (χ2n) is 4.83. The maximum absolute atomic E-state index is 12.3. The summed E-state index contributed by atoms with van der Waals surface area (Å²) in [7, 11) is 0. The maximum atomic E-state index is 12.3. The van der Waals surface area contributed by atoms with Crippen molar-refractivity contribution in [3.63, 3.8) is 0 Å². The van der Waals surface area contributed by atoms with Crippen LogP contribution >= 0.6 is 0 Å². The molecule has 0 aliphatic heterocycles. The van der Waals surface area contributed by atoms with Crippen molar-refractivity contribution in [2.24, 2.45) is 0 Å². The Hall–Kier alpha value is -2.89. The number of non-ortho nitro benzene ring substituents is 1. The molecule has 2 rings (SSSR count). The SMILES string of the molecule is CCOc1ccc(C(=O)[C@H](C)Oc2ccc([N+](=O)[O-])cc2)cc1. The molecule has 23 heavy (non-hydrogen) atoms. The third kappa shape index (κ3) is 4.29. The van der Waals surface area contributed by atoms with Crippen LogP contribution in [-0.4, -0.2) is 23.4 Å². The number of ketones is 1. The van der Waals surface area contributed by atoms with Crippen LogP contribution in [0.5, 0.6) is 11.5 Å². The van der Waals surface area contributed by atoms with Gasteiger partial charge in [0.05, 0.1) is 11.5 Å². The van der Waals surface area contributed by atoms with Gasteiger partial charge in [-0.15, -0.1) is 0 Å². The van der Waals surface area contributed by atoms with Gasteiger partial charge in [-0.25, -0.2) is 0 Å². The van der Waals surface area contributed by atoms with E-state index in [1.165, 1.54) is 24.3 Å². The topological polar surface area (TPSA) is 78.7 Å². The number of hydrogen-bond acceptors (Lipinski definition) is 5. The molecule has 6 nitrogen and oxygen atoms in total. The third-order valence-electron chi connectivity index (χ3n) is 3.18. The van der Waals surface area contributed by atoms with Crippen molar-refractivity contribution >= 4 is 11.5 Å². The Morgan fingerprint density at radius 3 is 2.17 bits per heavy atom. The highest BCUT2D eigenvalue weighted by Crippen LogP contribution is 2.20. The summed E-state index contributed by atoms with van der Waals surface area (Å²) in [6, 6.07) is 12.4. The van der Waals surface area contributed by atoms with E-state index in [4.69, 9.17) is 9.47 Å². The van der Waals surface area contributed by atoms with Crippen LogP contribution in [0.3, 0.4) is 0 Å². The fraction of sp³-hybridized carbons (Fsp3) is 0.235. The van der Waals surface area contributed by atoms with Crippen molar-refractivity contribution in [3.8, 4) is 11.5 Å². The van der Waals surface area contributed by atoms with Crippen LogP contribution < -0.4 is 9.47 Å². The summed E-state index contributed by atoms with van der Waals surface area (Å²) in [5, 5.41) is 10.6. The Labute approximate surface area is 133 Å². The molecule has 0 saturated carbocycles. The van der Waals surface area contributed by atoms with Gasteiger partial charge in [0.25, 0.3) is 5.69 Å². The molecule has 0 aliphatic carbocycles. The number of rotatable bonds is 7. The highest BCUT2D eigenvalue weighted by atomic mass is 16.6. The lowest BCUT2D eigenvalue weighted by atomic mass is 10.1. The molecule has 6 heteroatoms. The lowest BCUT2D eigenvalue weighted by Crippen LogP contribution is -2.23. The van der Waals surface area contributed by atoms with Crippen LogP contribution in [0.15, 0.2) is 48.5 Å². The summed E-state index contributed by atoms with van der Waals surface area (Å²) in [5.74, 6) is 0.932. The van der Waals surface area contributed by atoms with Gasteiger partial charge in [0.15, 0.2) is 6.10 Å². The Morgan fingerprint density at radius 1 is 1.09 bits per heavy atom. The number of benzene rings is 2. The van der Waals surface area contributed by atoms with E-state index in [0.29, 0.717) is 23.7 Å². The zero-order valence-corrected chi connectivity index (χ0v) is 12.9. The van der Waals surface area contributed by atoms with Gasteiger partial charge in [-0.05, 0) is 50.2 Å². The second-order valence-corrected chi connectivity index (χ2v) is 4.83. The van der Waals surface area contributed by atoms with Gasteiger partial charge < -0.3 is 9.47 Å². The smallest absolute Gasteiger partial charge is 0.269 e. The number of carbonyl (C=O) groups is 1. The van der Waals surface area contributed by atoms with Gasteiger partial charge in [0.1, 0.15) is 11.5 Å². The predicted molar refractivity (Wildman–Crippen MR) is 85.1 cm³/mol. The van der Waals surface area contributed by atoms with Gasteiger partial charge in [0, 0.05) is 17.7 Å². The normalized spacial score (nSPS) is 11.6. The van der Waals surface area contributed by atoms with Gasteiger partial charge in [-0.1, -0.05) is 0 Å². The molecule has 0 aliphatic rings. The first-order valence-electron chi connectivity index (χ1n) is 7.19. The fourth-order valence-electron chi connectivity index (χ4n) is 2.02. The molecule has 2 aromatic carbocycles. The van der Waals surface area contributed by atoms with Gasteiger partial charge in [-0.3, -0.25) is 14.9 Å². The Balaban J connectivity index is 2.02. The van der Waals surface area contributed by atoms with Gasteiger partial charge >= 0.3 is 0 Å². The fourth-order valence-corrected chi connectivity index (χ4v) is 2.02. The molecule has 2 aromatic rings. The highest BCUT2D eigenvalue weighted by Gasteiger charge is 2.17. The molecule has 0 amide bonds. The molecule has 0 N–H and O–H groups in total. The molecule has 0 aromatic heterocycles. The van der Waals surface area contributed by atoms with Crippen molar-refractivity contribution in [1.82, 2.24) is 0 Å². The molecule has 1 atom stereocenters. The minimum atomic E-state index is -0.700. The summed E-state index contributed by atoms with van der Waals surface area (Å²) in [5.41, 5.74) is 0.491. The average molecular weight is 315 g/mol. The highest BCUT2D eigenvalue weighted by molar-refractivity contribution is 5.99. The number of Topliss-reactive ketones (excluding diaryl/α,β-unsaturated/α-hetero) is 1. The van der Waals surface area contributed by atoms with E-state index in [1.54, 1.807) is 31.2 Å². The maximum Gasteiger partial charge on any atom is 0.269 e. The minimum absolute atomic E-state index is 0.0251. The Morgan fingerprint density at radius 2 is 1.65 bits per heavy atom. The summed E-state index contributed by atoms with van der Waals surface area (Å²) >= 11 is 0. The van der Waals surface area contributed by atoms with E-state index >= 15 is 0 Å². The molecule has 0 radical (unpaired) electrons. The first kappa shape index (κ1) is 16.5. The predicted octanol–water partition coefficient (Wildman–Crippen LogP) is 3.64. The van der Waals surface area contributed by atoms with Crippen LogP contribution in [0.1, 0.15) is 24.2 Å². The number of nitrogens with zero attached hydrogens (tertiary/aromatic N) is 1. The molecule has 120 valence electrons. The van der Waals surface area contributed by atoms with Crippen molar-refractivity contribution in [2.45, 2.75) is 20.0 Å². The van der Waals surface area contributed by atoms with E-state index in [-0.39, 0.29) is 11.5 Å². The third-order valence-corrected chi connectivity index (χ3v) is 3.18. The number of nitro benzene ring substituents is 1. The monoisotopic (exact) mass is 315 g/mol. The molecular formula is C17H17NO5. The summed E-state index contributed by atoms with van der Waals surface area (Å²) < 4.78 is 10.9. The average Bonchev–Trinajstić information content (AvgIpc) is 2.55. The molecular weight excluding hydrogens is 298 g/mol. The molecule has 0 bridgehead atoms. The van der Waals surface area contributed by atoms with Crippen molar-refractivity contribution in [1.29, 1.82) is 0 Å². The zero-order chi connectivity index (χ0) is 16.8. The van der Waals surface area contributed by atoms with Crippen LogP contribution in [0.25, 0.3) is 0 Å². The number of carbonyl (C=O) groups excluding carboxylic acids is 1. The van der Waals surface area contributed by atoms with Gasteiger partial charge in [-0.2, -0.15) is 0 Å². The number of ether oxygens (including phenoxy) is 2. The summed E-state index contributed by atoms with van der Waals surface area (Å²) in [6.07, 6.45) is -0.700. The first-order valence-corrected chi connectivity index (χ1v) is 7.19. The van der Waals surface area contributed by atoms with Crippen molar-refractivity contribution in [2.75, 3.05) is 6.61 Å². The van der Waals surface area contributed by atoms with Crippen LogP contribution in [-0.2, 0) is 0 Å². The quantitative estimate of drug-likeness (QED) is 0.443. The Kier molecular flexibility index (Phi) is 5.30. The van der Waals surface area contributed by atoms with Crippen LogP contribution in [0, 0.1) is 10.1 Å². The molecule has 0 unspecified atom stereocenters. The van der Waals surface area contributed by atoms with Crippen molar-refractivity contribution in [3.05, 3.63) is 64.2 Å². The van der Waals surface area contributed by atoms with Crippen LogP contribution in [0.4, 0.5) is 5.69 Å². The molecule has 0 heterocycles. The van der Waals surface area contributed by atoms with E-state index in [0.717, 1.165) is 0 Å². The van der Waals surface area contributed by atoms with Crippen LogP contribution in [0.2, 0.25) is 0 Å². The summed E-state index contributed by atoms with van der Waals surface area (Å²) in [6.45, 7) is 4.09. The van der Waals surface area contributed by atoms with E-state index < -0.39 is 11.0 Å². The molecule has 0 saturated heterocycles. The minimum Gasteiger partial charge on any atom is -0.494 e. The lowest BCUT2D eigenvalue weighted by Gasteiger charge is -2.14. The number of nitro groups is 1. The summed E-state index contributed by atoms with van der Waals surface area (Å²) in [4.78, 5) is 22.4. The largest absolute Gasteiger partial charge is 0.494 e. The van der Waals surface area contributed by atoms with Gasteiger partial charge in [0.2, 0.25) is 5.78 Å². The Bertz CT molecular complexity index is 679. The molecule has 0 fully saturated rings. The molecule has 0 spiro atoms. The number of hydrogen-bond donors (Lipinski definition) is 0. The van der Waals surface area contributed by atoms with E-state index in [1.807, 2.05) is 6.92 Å². The standard InChI is InChI=1S/C17H17NO5/c1-3-22-15-8-4-13(5-9-15)17(19)12(2)23-16-10-6-14(7-11-16)18(20)21/h4-12H,3H2,1-2H3/t12-/m0/s1. The second kappa shape index (κ2) is 7.40.